The van der Waals surface area contributed by atoms with Gasteiger partial charge in [0, 0.05) is 36.6 Å². The molecule has 0 amide bonds. The lowest BCUT2D eigenvalue weighted by molar-refractivity contribution is 0.811. The maximum absolute atomic E-state index is 5.51. The van der Waals surface area contributed by atoms with E-state index in [2.05, 4.69) is 27.2 Å². The molecule has 1 aliphatic rings. The standard InChI is InChI=1S/C11H19N5S/c1-3-9-13-10(15-12)8(2)11(14-9)16-4-6-17-7-5-16/h3-7,12H2,1-2H3,(H,13,14,15). The van der Waals surface area contributed by atoms with Crippen LogP contribution in [0.1, 0.15) is 18.3 Å². The number of thioether (sulfide) groups is 1. The third kappa shape index (κ3) is 2.63. The molecule has 94 valence electrons. The van der Waals surface area contributed by atoms with Gasteiger partial charge in [-0.3, -0.25) is 0 Å². The lowest BCUT2D eigenvalue weighted by atomic mass is 10.2. The van der Waals surface area contributed by atoms with Gasteiger partial charge in [-0.05, 0) is 6.92 Å². The highest BCUT2D eigenvalue weighted by atomic mass is 32.2. The molecule has 2 heterocycles. The summed E-state index contributed by atoms with van der Waals surface area (Å²) < 4.78 is 0. The van der Waals surface area contributed by atoms with Crippen molar-refractivity contribution in [3.63, 3.8) is 0 Å². The smallest absolute Gasteiger partial charge is 0.148 e. The molecule has 2 rings (SSSR count). The van der Waals surface area contributed by atoms with Crippen LogP contribution in [-0.4, -0.2) is 34.6 Å². The molecule has 3 N–H and O–H groups in total. The van der Waals surface area contributed by atoms with E-state index in [1.54, 1.807) is 0 Å². The van der Waals surface area contributed by atoms with Crippen molar-refractivity contribution >= 4 is 23.4 Å². The summed E-state index contributed by atoms with van der Waals surface area (Å²) in [6.45, 7) is 6.18. The number of rotatable bonds is 3. The Morgan fingerprint density at radius 1 is 1.35 bits per heavy atom. The van der Waals surface area contributed by atoms with E-state index in [0.29, 0.717) is 0 Å². The predicted molar refractivity (Wildman–Crippen MR) is 73.5 cm³/mol. The van der Waals surface area contributed by atoms with E-state index in [4.69, 9.17) is 5.84 Å². The van der Waals surface area contributed by atoms with Gasteiger partial charge in [-0.15, -0.1) is 0 Å². The van der Waals surface area contributed by atoms with Crippen molar-refractivity contribution in [2.75, 3.05) is 34.9 Å². The molecule has 6 heteroatoms. The summed E-state index contributed by atoms with van der Waals surface area (Å²) in [6.07, 6.45) is 0.824. The number of hydrogen-bond donors (Lipinski definition) is 2. The highest BCUT2D eigenvalue weighted by Crippen LogP contribution is 2.25. The Morgan fingerprint density at radius 3 is 2.65 bits per heavy atom. The Hall–Kier alpha value is -1.01. The van der Waals surface area contributed by atoms with E-state index in [1.807, 2.05) is 18.7 Å². The topological polar surface area (TPSA) is 67.1 Å². The molecule has 0 aliphatic carbocycles. The van der Waals surface area contributed by atoms with Crippen LogP contribution in [0.25, 0.3) is 0 Å². The molecule has 0 unspecified atom stereocenters. The zero-order chi connectivity index (χ0) is 12.3. The average molecular weight is 253 g/mol. The first-order chi connectivity index (χ1) is 8.26. The Balaban J connectivity index is 2.36. The SMILES string of the molecule is CCc1nc(NN)c(C)c(N2CCSCC2)n1. The van der Waals surface area contributed by atoms with E-state index in [1.165, 1.54) is 0 Å². The number of nitrogens with zero attached hydrogens (tertiary/aromatic N) is 3. The first-order valence-electron chi connectivity index (χ1n) is 5.93. The Morgan fingerprint density at radius 2 is 2.06 bits per heavy atom. The third-order valence-corrected chi connectivity index (χ3v) is 3.87. The lowest BCUT2D eigenvalue weighted by Gasteiger charge is -2.29. The molecule has 0 atom stereocenters. The maximum atomic E-state index is 5.51. The minimum absolute atomic E-state index is 0.741. The summed E-state index contributed by atoms with van der Waals surface area (Å²) in [5.41, 5.74) is 3.70. The quantitative estimate of drug-likeness (QED) is 0.623. The van der Waals surface area contributed by atoms with E-state index in [9.17, 15) is 0 Å². The van der Waals surface area contributed by atoms with Gasteiger partial charge in [0.2, 0.25) is 0 Å². The number of aryl methyl sites for hydroxylation is 1. The number of anilines is 2. The van der Waals surface area contributed by atoms with Crippen LogP contribution >= 0.6 is 11.8 Å². The molecule has 1 aromatic heterocycles. The summed E-state index contributed by atoms with van der Waals surface area (Å²) in [6, 6.07) is 0. The van der Waals surface area contributed by atoms with Gasteiger partial charge in [0.25, 0.3) is 0 Å². The molecule has 0 radical (unpaired) electrons. The largest absolute Gasteiger partial charge is 0.355 e. The van der Waals surface area contributed by atoms with Gasteiger partial charge in [-0.1, -0.05) is 6.92 Å². The van der Waals surface area contributed by atoms with Crippen molar-refractivity contribution in [1.29, 1.82) is 0 Å². The molecule has 0 aromatic carbocycles. The Labute approximate surface area is 106 Å². The van der Waals surface area contributed by atoms with Crippen molar-refractivity contribution in [2.24, 2.45) is 5.84 Å². The number of nitrogen functional groups attached to an aromatic ring is 1. The van der Waals surface area contributed by atoms with Gasteiger partial charge >= 0.3 is 0 Å². The highest BCUT2D eigenvalue weighted by Gasteiger charge is 2.18. The lowest BCUT2D eigenvalue weighted by Crippen LogP contribution is -2.34. The minimum Gasteiger partial charge on any atom is -0.355 e. The van der Waals surface area contributed by atoms with Crippen molar-refractivity contribution in [3.8, 4) is 0 Å². The molecule has 1 aromatic rings. The predicted octanol–water partition coefficient (Wildman–Crippen LogP) is 1.19. The van der Waals surface area contributed by atoms with E-state index >= 15 is 0 Å². The Kier molecular flexibility index (Phi) is 4.06. The molecule has 1 aliphatic heterocycles. The van der Waals surface area contributed by atoms with Gasteiger partial charge in [0.15, 0.2) is 0 Å². The maximum Gasteiger partial charge on any atom is 0.148 e. The Bertz CT molecular complexity index is 390. The normalized spacial score (nSPS) is 16.1. The summed E-state index contributed by atoms with van der Waals surface area (Å²) in [7, 11) is 0. The molecule has 17 heavy (non-hydrogen) atoms. The first kappa shape index (κ1) is 12.4. The van der Waals surface area contributed by atoms with Crippen LogP contribution in [0, 0.1) is 6.92 Å². The molecule has 1 fully saturated rings. The van der Waals surface area contributed by atoms with Gasteiger partial charge < -0.3 is 10.3 Å². The summed E-state index contributed by atoms with van der Waals surface area (Å²) >= 11 is 1.99. The fraction of sp³-hybridized carbons (Fsp3) is 0.636. The van der Waals surface area contributed by atoms with Gasteiger partial charge in [-0.25, -0.2) is 15.8 Å². The zero-order valence-corrected chi connectivity index (χ0v) is 11.2. The van der Waals surface area contributed by atoms with Gasteiger partial charge in [0.05, 0.1) is 0 Å². The van der Waals surface area contributed by atoms with Gasteiger partial charge in [-0.2, -0.15) is 11.8 Å². The van der Waals surface area contributed by atoms with Crippen molar-refractivity contribution < 1.29 is 0 Å². The first-order valence-corrected chi connectivity index (χ1v) is 7.08. The third-order valence-electron chi connectivity index (χ3n) is 2.93. The fourth-order valence-electron chi connectivity index (χ4n) is 1.93. The molecule has 0 bridgehead atoms. The van der Waals surface area contributed by atoms with Gasteiger partial charge in [0.1, 0.15) is 17.5 Å². The molecule has 0 spiro atoms. The summed E-state index contributed by atoms with van der Waals surface area (Å²) in [5, 5.41) is 0. The van der Waals surface area contributed by atoms with E-state index in [-0.39, 0.29) is 0 Å². The molecular weight excluding hydrogens is 234 g/mol. The van der Waals surface area contributed by atoms with Crippen LogP contribution in [0.5, 0.6) is 0 Å². The highest BCUT2D eigenvalue weighted by molar-refractivity contribution is 7.99. The fourth-order valence-corrected chi connectivity index (χ4v) is 2.83. The molecule has 0 saturated carbocycles. The van der Waals surface area contributed by atoms with Crippen LogP contribution in [0.3, 0.4) is 0 Å². The number of hydrogen-bond acceptors (Lipinski definition) is 6. The molecule has 1 saturated heterocycles. The zero-order valence-electron chi connectivity index (χ0n) is 10.4. The monoisotopic (exact) mass is 253 g/mol. The number of nitrogens with two attached hydrogens (primary N) is 1. The summed E-state index contributed by atoms with van der Waals surface area (Å²) in [5.74, 6) is 10.5. The molecule has 5 nitrogen and oxygen atoms in total. The van der Waals surface area contributed by atoms with Crippen LogP contribution in [0.2, 0.25) is 0 Å². The van der Waals surface area contributed by atoms with E-state index < -0.39 is 0 Å². The number of hydrazine groups is 1. The van der Waals surface area contributed by atoms with Crippen LogP contribution < -0.4 is 16.2 Å². The van der Waals surface area contributed by atoms with Crippen LogP contribution in [0.4, 0.5) is 11.6 Å². The number of nitrogens with one attached hydrogen (secondary N) is 1. The second-order valence-electron chi connectivity index (χ2n) is 4.03. The van der Waals surface area contributed by atoms with Crippen LogP contribution in [0.15, 0.2) is 0 Å². The van der Waals surface area contributed by atoms with Crippen molar-refractivity contribution in [3.05, 3.63) is 11.4 Å². The van der Waals surface area contributed by atoms with E-state index in [0.717, 1.165) is 54.0 Å². The van der Waals surface area contributed by atoms with Crippen molar-refractivity contribution in [1.82, 2.24) is 9.97 Å². The molecular formula is C11H19N5S. The van der Waals surface area contributed by atoms with Crippen molar-refractivity contribution in [2.45, 2.75) is 20.3 Å². The van der Waals surface area contributed by atoms with Crippen LogP contribution in [-0.2, 0) is 6.42 Å². The minimum atomic E-state index is 0.741. The second-order valence-corrected chi connectivity index (χ2v) is 5.26. The average Bonchev–Trinajstić information content (AvgIpc) is 2.40. The summed E-state index contributed by atoms with van der Waals surface area (Å²) in [4.78, 5) is 11.3. The number of aromatic nitrogens is 2. The second kappa shape index (κ2) is 5.55.